The molecular weight excluding hydrogens is 200 g/mol. The van der Waals surface area contributed by atoms with Gasteiger partial charge in [-0.15, -0.1) is 0 Å². The second-order valence-electron chi connectivity index (χ2n) is 4.47. The zero-order valence-corrected chi connectivity index (χ0v) is 10.0. The monoisotopic (exact) mass is 220 g/mol. The van der Waals surface area contributed by atoms with Crippen molar-refractivity contribution in [2.75, 3.05) is 12.4 Å². The largest absolute Gasteiger partial charge is 0.366 e. The molecule has 0 aromatic carbocycles. The van der Waals surface area contributed by atoms with Crippen molar-refractivity contribution >= 4 is 5.82 Å². The van der Waals surface area contributed by atoms with Crippen molar-refractivity contribution in [3.8, 4) is 0 Å². The maximum atomic E-state index is 4.32. The van der Waals surface area contributed by atoms with Crippen molar-refractivity contribution in [1.82, 2.24) is 15.3 Å². The van der Waals surface area contributed by atoms with Crippen LogP contribution in [0.15, 0.2) is 12.4 Å². The van der Waals surface area contributed by atoms with E-state index in [0.717, 1.165) is 11.5 Å². The zero-order valence-electron chi connectivity index (χ0n) is 10.0. The number of nitrogens with one attached hydrogen (secondary N) is 2. The molecule has 0 saturated heterocycles. The molecule has 0 spiro atoms. The van der Waals surface area contributed by atoms with Gasteiger partial charge in [0.25, 0.3) is 0 Å². The summed E-state index contributed by atoms with van der Waals surface area (Å²) in [7, 11) is 2.05. The molecule has 4 nitrogen and oxygen atoms in total. The molecule has 0 aliphatic heterocycles. The van der Waals surface area contributed by atoms with Crippen LogP contribution in [0.25, 0.3) is 0 Å². The Bertz CT molecular complexity index is 332. The van der Waals surface area contributed by atoms with Gasteiger partial charge in [-0.2, -0.15) is 0 Å². The van der Waals surface area contributed by atoms with Gasteiger partial charge in [0.2, 0.25) is 0 Å². The summed E-state index contributed by atoms with van der Waals surface area (Å²) >= 11 is 0. The molecule has 2 N–H and O–H groups in total. The Kier molecular flexibility index (Phi) is 3.72. The molecule has 1 saturated carbocycles. The molecule has 4 heteroatoms. The minimum absolute atomic E-state index is 0.556. The Labute approximate surface area is 96.9 Å². The van der Waals surface area contributed by atoms with Crippen LogP contribution in [0.2, 0.25) is 0 Å². The number of hydrogen-bond donors (Lipinski definition) is 2. The van der Waals surface area contributed by atoms with Crippen LogP contribution in [-0.2, 0) is 0 Å². The maximum Gasteiger partial charge on any atom is 0.147 e. The van der Waals surface area contributed by atoms with Crippen LogP contribution in [0.1, 0.15) is 31.4 Å². The van der Waals surface area contributed by atoms with Gasteiger partial charge in [-0.25, -0.2) is 4.98 Å². The van der Waals surface area contributed by atoms with E-state index >= 15 is 0 Å². The normalized spacial score (nSPS) is 25.4. The molecule has 0 bridgehead atoms. The average Bonchev–Trinajstić information content (AvgIpc) is 2.33. The summed E-state index contributed by atoms with van der Waals surface area (Å²) in [6.45, 7) is 1.99. The van der Waals surface area contributed by atoms with E-state index in [0.29, 0.717) is 12.1 Å². The third-order valence-corrected chi connectivity index (χ3v) is 3.36. The van der Waals surface area contributed by atoms with Crippen LogP contribution in [0, 0.1) is 6.92 Å². The topological polar surface area (TPSA) is 49.8 Å². The van der Waals surface area contributed by atoms with Crippen LogP contribution in [-0.4, -0.2) is 29.1 Å². The highest BCUT2D eigenvalue weighted by molar-refractivity contribution is 5.39. The SMILES string of the molecule is CNC1CCC(Nc2nccnc2C)CC1. The molecule has 1 heterocycles. The second kappa shape index (κ2) is 5.25. The number of hydrogen-bond acceptors (Lipinski definition) is 4. The molecule has 0 radical (unpaired) electrons. The van der Waals surface area contributed by atoms with E-state index in [1.807, 2.05) is 14.0 Å². The first-order valence-corrected chi connectivity index (χ1v) is 6.01. The molecule has 1 aromatic heterocycles. The second-order valence-corrected chi connectivity index (χ2v) is 4.47. The summed E-state index contributed by atoms with van der Waals surface area (Å²) < 4.78 is 0. The Balaban J connectivity index is 1.89. The van der Waals surface area contributed by atoms with Gasteiger partial charge in [-0.3, -0.25) is 4.98 Å². The van der Waals surface area contributed by atoms with E-state index in [1.165, 1.54) is 25.7 Å². The summed E-state index contributed by atoms with van der Waals surface area (Å²) in [6, 6.07) is 1.25. The lowest BCUT2D eigenvalue weighted by Crippen LogP contribution is -2.35. The highest BCUT2D eigenvalue weighted by Crippen LogP contribution is 2.21. The van der Waals surface area contributed by atoms with Crippen LogP contribution in [0.5, 0.6) is 0 Å². The van der Waals surface area contributed by atoms with Crippen molar-refractivity contribution in [1.29, 1.82) is 0 Å². The van der Waals surface area contributed by atoms with Crippen LogP contribution < -0.4 is 10.6 Å². The van der Waals surface area contributed by atoms with Crippen LogP contribution in [0.3, 0.4) is 0 Å². The first kappa shape index (κ1) is 11.3. The predicted octanol–water partition coefficient (Wildman–Crippen LogP) is 1.73. The third kappa shape index (κ3) is 2.70. The number of anilines is 1. The van der Waals surface area contributed by atoms with E-state index in [-0.39, 0.29) is 0 Å². The molecule has 2 rings (SSSR count). The quantitative estimate of drug-likeness (QED) is 0.814. The molecule has 1 aliphatic rings. The number of aromatic nitrogens is 2. The Morgan fingerprint density at radius 3 is 2.31 bits per heavy atom. The van der Waals surface area contributed by atoms with Crippen molar-refractivity contribution in [2.45, 2.75) is 44.7 Å². The maximum absolute atomic E-state index is 4.32. The fourth-order valence-electron chi connectivity index (χ4n) is 2.27. The Morgan fingerprint density at radius 1 is 1.06 bits per heavy atom. The van der Waals surface area contributed by atoms with Crippen molar-refractivity contribution in [2.24, 2.45) is 0 Å². The number of aryl methyl sites for hydroxylation is 1. The zero-order chi connectivity index (χ0) is 11.4. The van der Waals surface area contributed by atoms with Crippen molar-refractivity contribution < 1.29 is 0 Å². The summed E-state index contributed by atoms with van der Waals surface area (Å²) in [5.74, 6) is 0.940. The standard InChI is InChI=1S/C12H20N4/c1-9-12(15-8-7-14-9)16-11-5-3-10(13-2)4-6-11/h7-8,10-11,13H,3-6H2,1-2H3,(H,15,16). The molecule has 1 aromatic rings. The van der Waals surface area contributed by atoms with Crippen LogP contribution >= 0.6 is 0 Å². The minimum atomic E-state index is 0.556. The van der Waals surface area contributed by atoms with E-state index in [1.54, 1.807) is 12.4 Å². The van der Waals surface area contributed by atoms with Gasteiger partial charge in [0.05, 0.1) is 5.69 Å². The fraction of sp³-hybridized carbons (Fsp3) is 0.667. The highest BCUT2D eigenvalue weighted by atomic mass is 15.0. The van der Waals surface area contributed by atoms with Crippen molar-refractivity contribution in [3.05, 3.63) is 18.1 Å². The molecule has 0 unspecified atom stereocenters. The lowest BCUT2D eigenvalue weighted by Gasteiger charge is -2.29. The van der Waals surface area contributed by atoms with Gasteiger partial charge < -0.3 is 10.6 Å². The average molecular weight is 220 g/mol. The molecule has 0 atom stereocenters. The Morgan fingerprint density at radius 2 is 1.69 bits per heavy atom. The summed E-state index contributed by atoms with van der Waals surface area (Å²) in [5.41, 5.74) is 0.984. The van der Waals surface area contributed by atoms with Crippen molar-refractivity contribution in [3.63, 3.8) is 0 Å². The molecule has 0 amide bonds. The summed E-state index contributed by atoms with van der Waals surface area (Å²) in [6.07, 6.45) is 8.39. The smallest absolute Gasteiger partial charge is 0.147 e. The summed E-state index contributed by atoms with van der Waals surface area (Å²) in [4.78, 5) is 8.56. The van der Waals surface area contributed by atoms with Gasteiger partial charge in [0, 0.05) is 24.5 Å². The lowest BCUT2D eigenvalue weighted by molar-refractivity contribution is 0.371. The first-order chi connectivity index (χ1) is 7.79. The van der Waals surface area contributed by atoms with E-state index in [2.05, 4.69) is 20.6 Å². The number of rotatable bonds is 3. The van der Waals surface area contributed by atoms with Gasteiger partial charge in [-0.1, -0.05) is 0 Å². The minimum Gasteiger partial charge on any atom is -0.366 e. The first-order valence-electron chi connectivity index (χ1n) is 6.01. The van der Waals surface area contributed by atoms with Gasteiger partial charge in [0.1, 0.15) is 5.82 Å². The lowest BCUT2D eigenvalue weighted by atomic mass is 9.91. The van der Waals surface area contributed by atoms with Gasteiger partial charge >= 0.3 is 0 Å². The van der Waals surface area contributed by atoms with Gasteiger partial charge in [-0.05, 0) is 39.7 Å². The molecule has 88 valence electrons. The van der Waals surface area contributed by atoms with E-state index < -0.39 is 0 Å². The molecule has 1 fully saturated rings. The van der Waals surface area contributed by atoms with E-state index in [4.69, 9.17) is 0 Å². The third-order valence-electron chi connectivity index (χ3n) is 3.36. The van der Waals surface area contributed by atoms with Gasteiger partial charge in [0.15, 0.2) is 0 Å². The highest BCUT2D eigenvalue weighted by Gasteiger charge is 2.20. The van der Waals surface area contributed by atoms with Crippen LogP contribution in [0.4, 0.5) is 5.82 Å². The van der Waals surface area contributed by atoms with E-state index in [9.17, 15) is 0 Å². The molecular formula is C12H20N4. The predicted molar refractivity (Wildman–Crippen MR) is 65.5 cm³/mol. The molecule has 1 aliphatic carbocycles. The Hall–Kier alpha value is -1.16. The fourth-order valence-corrected chi connectivity index (χ4v) is 2.27. The number of nitrogens with zero attached hydrogens (tertiary/aromatic N) is 2. The summed E-state index contributed by atoms with van der Waals surface area (Å²) in [5, 5.41) is 6.84. The molecule has 16 heavy (non-hydrogen) atoms.